The van der Waals surface area contributed by atoms with E-state index in [2.05, 4.69) is 0 Å². The van der Waals surface area contributed by atoms with Gasteiger partial charge in [-0.05, 0) is 17.7 Å². The Balaban J connectivity index is 3.21. The number of rotatable bonds is 6. The van der Waals surface area contributed by atoms with Gasteiger partial charge in [0.25, 0.3) is 0 Å². The van der Waals surface area contributed by atoms with Crippen LogP contribution in [0.25, 0.3) is 0 Å². The summed E-state index contributed by atoms with van der Waals surface area (Å²) in [6.45, 7) is 0.396. The van der Waals surface area contributed by atoms with Crippen LogP contribution in [-0.2, 0) is 22.6 Å². The molecule has 0 aliphatic carbocycles. The van der Waals surface area contributed by atoms with Gasteiger partial charge in [-0.1, -0.05) is 0 Å². The number of methoxy groups -OCH3 is 3. The minimum Gasteiger partial charge on any atom is -0.493 e. The van der Waals surface area contributed by atoms with Crippen molar-refractivity contribution >= 4 is 5.97 Å². The SMILES string of the molecule is COCc1cc(CC(=O)O)c(OC)c(OC)c1. The summed E-state index contributed by atoms with van der Waals surface area (Å²) in [5, 5.41) is 8.84. The van der Waals surface area contributed by atoms with Crippen LogP contribution >= 0.6 is 0 Å². The number of benzene rings is 1. The molecule has 0 heterocycles. The fraction of sp³-hybridized carbons (Fsp3) is 0.417. The second kappa shape index (κ2) is 6.10. The molecule has 17 heavy (non-hydrogen) atoms. The topological polar surface area (TPSA) is 65.0 Å². The van der Waals surface area contributed by atoms with Crippen LogP contribution in [0.2, 0.25) is 0 Å². The Morgan fingerprint density at radius 2 is 1.94 bits per heavy atom. The standard InChI is InChI=1S/C12H16O5/c1-15-7-8-4-9(6-11(13)14)12(17-3)10(5-8)16-2/h4-5H,6-7H2,1-3H3,(H,13,14). The smallest absolute Gasteiger partial charge is 0.307 e. The predicted molar refractivity (Wildman–Crippen MR) is 61.6 cm³/mol. The molecule has 0 fully saturated rings. The van der Waals surface area contributed by atoms with Gasteiger partial charge in [-0.3, -0.25) is 4.79 Å². The van der Waals surface area contributed by atoms with E-state index in [1.165, 1.54) is 14.2 Å². The van der Waals surface area contributed by atoms with Gasteiger partial charge in [0.2, 0.25) is 0 Å². The quantitative estimate of drug-likeness (QED) is 0.815. The van der Waals surface area contributed by atoms with E-state index in [0.717, 1.165) is 5.56 Å². The van der Waals surface area contributed by atoms with Gasteiger partial charge >= 0.3 is 5.97 Å². The molecule has 1 rings (SSSR count). The molecule has 0 aliphatic heterocycles. The van der Waals surface area contributed by atoms with Crippen LogP contribution in [0.3, 0.4) is 0 Å². The fourth-order valence-electron chi connectivity index (χ4n) is 1.65. The lowest BCUT2D eigenvalue weighted by Gasteiger charge is -2.13. The molecular weight excluding hydrogens is 224 g/mol. The largest absolute Gasteiger partial charge is 0.493 e. The zero-order valence-electron chi connectivity index (χ0n) is 10.1. The Morgan fingerprint density at radius 1 is 1.24 bits per heavy atom. The van der Waals surface area contributed by atoms with Crippen molar-refractivity contribution in [2.75, 3.05) is 21.3 Å². The highest BCUT2D eigenvalue weighted by molar-refractivity contribution is 5.72. The molecule has 1 N–H and O–H groups in total. The van der Waals surface area contributed by atoms with Gasteiger partial charge in [-0.15, -0.1) is 0 Å². The number of carbonyl (C=O) groups is 1. The zero-order valence-corrected chi connectivity index (χ0v) is 10.1. The Hall–Kier alpha value is -1.75. The lowest BCUT2D eigenvalue weighted by molar-refractivity contribution is -0.136. The molecule has 0 radical (unpaired) electrons. The lowest BCUT2D eigenvalue weighted by Crippen LogP contribution is -2.05. The van der Waals surface area contributed by atoms with E-state index in [1.807, 2.05) is 0 Å². The molecule has 1 aromatic carbocycles. The Kier molecular flexibility index (Phi) is 4.78. The third kappa shape index (κ3) is 3.35. The molecule has 94 valence electrons. The molecule has 0 unspecified atom stereocenters. The van der Waals surface area contributed by atoms with Gasteiger partial charge in [0.05, 0.1) is 27.2 Å². The van der Waals surface area contributed by atoms with Crippen molar-refractivity contribution in [1.82, 2.24) is 0 Å². The number of carboxylic acids is 1. The molecule has 1 aromatic rings. The summed E-state index contributed by atoms with van der Waals surface area (Å²) in [6.07, 6.45) is -0.114. The third-order valence-electron chi connectivity index (χ3n) is 2.27. The van der Waals surface area contributed by atoms with E-state index < -0.39 is 5.97 Å². The summed E-state index contributed by atoms with van der Waals surface area (Å²) in [4.78, 5) is 10.8. The van der Waals surface area contributed by atoms with Crippen molar-refractivity contribution in [2.45, 2.75) is 13.0 Å². The number of hydrogen-bond acceptors (Lipinski definition) is 4. The van der Waals surface area contributed by atoms with Crippen LogP contribution in [0.5, 0.6) is 11.5 Å². The van der Waals surface area contributed by atoms with Crippen LogP contribution in [-0.4, -0.2) is 32.4 Å². The van der Waals surface area contributed by atoms with Crippen LogP contribution in [0.1, 0.15) is 11.1 Å². The summed E-state index contributed by atoms with van der Waals surface area (Å²) in [5.74, 6) is 0.0490. The molecule has 5 heteroatoms. The fourth-order valence-corrected chi connectivity index (χ4v) is 1.65. The number of carboxylic acid groups (broad SMARTS) is 1. The van der Waals surface area contributed by atoms with Gasteiger partial charge in [0.15, 0.2) is 11.5 Å². The summed E-state index contributed by atoms with van der Waals surface area (Å²) >= 11 is 0. The van der Waals surface area contributed by atoms with Crippen molar-refractivity contribution < 1.29 is 24.1 Å². The van der Waals surface area contributed by atoms with E-state index in [9.17, 15) is 4.79 Å². The highest BCUT2D eigenvalue weighted by Gasteiger charge is 2.14. The van der Waals surface area contributed by atoms with E-state index in [-0.39, 0.29) is 6.42 Å². The molecule has 0 bridgehead atoms. The molecular formula is C12H16O5. The summed E-state index contributed by atoms with van der Waals surface area (Å²) < 4.78 is 15.4. The minimum absolute atomic E-state index is 0.114. The molecule has 0 atom stereocenters. The molecule has 0 aromatic heterocycles. The van der Waals surface area contributed by atoms with Crippen LogP contribution < -0.4 is 9.47 Å². The maximum absolute atomic E-state index is 10.8. The van der Waals surface area contributed by atoms with E-state index in [0.29, 0.717) is 23.7 Å². The van der Waals surface area contributed by atoms with Crippen molar-refractivity contribution in [3.05, 3.63) is 23.3 Å². The summed E-state index contributed by atoms with van der Waals surface area (Å²) in [6, 6.07) is 3.52. The van der Waals surface area contributed by atoms with E-state index >= 15 is 0 Å². The molecule has 0 saturated heterocycles. The summed E-state index contributed by atoms with van der Waals surface area (Å²) in [5.41, 5.74) is 1.42. The molecule has 5 nitrogen and oxygen atoms in total. The van der Waals surface area contributed by atoms with Crippen LogP contribution in [0.4, 0.5) is 0 Å². The first-order chi connectivity index (χ1) is 8.12. The van der Waals surface area contributed by atoms with Gasteiger partial charge in [-0.25, -0.2) is 0 Å². The Bertz CT molecular complexity index is 400. The number of hydrogen-bond donors (Lipinski definition) is 1. The van der Waals surface area contributed by atoms with Crippen molar-refractivity contribution in [1.29, 1.82) is 0 Å². The second-order valence-electron chi connectivity index (χ2n) is 3.49. The minimum atomic E-state index is -0.917. The van der Waals surface area contributed by atoms with Crippen LogP contribution in [0.15, 0.2) is 12.1 Å². The predicted octanol–water partition coefficient (Wildman–Crippen LogP) is 1.48. The van der Waals surface area contributed by atoms with Crippen molar-refractivity contribution in [3.63, 3.8) is 0 Å². The second-order valence-corrected chi connectivity index (χ2v) is 3.49. The van der Waals surface area contributed by atoms with E-state index in [4.69, 9.17) is 19.3 Å². The highest BCUT2D eigenvalue weighted by atomic mass is 16.5. The van der Waals surface area contributed by atoms with Crippen LogP contribution in [0, 0.1) is 0 Å². The highest BCUT2D eigenvalue weighted by Crippen LogP contribution is 2.33. The third-order valence-corrected chi connectivity index (χ3v) is 2.27. The van der Waals surface area contributed by atoms with Gasteiger partial charge < -0.3 is 19.3 Å². The Labute approximate surface area is 99.9 Å². The maximum atomic E-state index is 10.8. The van der Waals surface area contributed by atoms with Crippen molar-refractivity contribution in [2.24, 2.45) is 0 Å². The zero-order chi connectivity index (χ0) is 12.8. The monoisotopic (exact) mass is 240 g/mol. The normalized spacial score (nSPS) is 10.1. The van der Waals surface area contributed by atoms with Gasteiger partial charge in [0.1, 0.15) is 0 Å². The summed E-state index contributed by atoms with van der Waals surface area (Å²) in [7, 11) is 4.58. The number of ether oxygens (including phenoxy) is 3. The number of aliphatic carboxylic acids is 1. The molecule has 0 spiro atoms. The van der Waals surface area contributed by atoms with E-state index in [1.54, 1.807) is 19.2 Å². The first kappa shape index (κ1) is 13.3. The average molecular weight is 240 g/mol. The molecule has 0 aliphatic rings. The van der Waals surface area contributed by atoms with Gasteiger partial charge in [-0.2, -0.15) is 0 Å². The lowest BCUT2D eigenvalue weighted by atomic mass is 10.1. The van der Waals surface area contributed by atoms with Crippen molar-refractivity contribution in [3.8, 4) is 11.5 Å². The average Bonchev–Trinajstić information content (AvgIpc) is 2.28. The molecule has 0 saturated carbocycles. The Morgan fingerprint density at radius 3 is 2.41 bits per heavy atom. The first-order valence-electron chi connectivity index (χ1n) is 5.06. The molecule has 0 amide bonds. The van der Waals surface area contributed by atoms with Gasteiger partial charge in [0, 0.05) is 12.7 Å². The maximum Gasteiger partial charge on any atom is 0.307 e. The first-order valence-corrected chi connectivity index (χ1v) is 5.06.